The van der Waals surface area contributed by atoms with Gasteiger partial charge in [0.15, 0.2) is 0 Å². The van der Waals surface area contributed by atoms with Gasteiger partial charge in [0.1, 0.15) is 5.82 Å². The van der Waals surface area contributed by atoms with Crippen LogP contribution in [0, 0.1) is 19.7 Å². The van der Waals surface area contributed by atoms with Crippen molar-refractivity contribution < 1.29 is 9.18 Å². The molecular weight excluding hydrogens is 343 g/mol. The van der Waals surface area contributed by atoms with E-state index in [-0.39, 0.29) is 17.3 Å². The van der Waals surface area contributed by atoms with Gasteiger partial charge in [0.25, 0.3) is 5.56 Å². The van der Waals surface area contributed by atoms with E-state index in [1.54, 1.807) is 12.1 Å². The highest BCUT2D eigenvalue weighted by molar-refractivity contribution is 5.83. The van der Waals surface area contributed by atoms with Crippen LogP contribution in [0.1, 0.15) is 28.7 Å². The minimum atomic E-state index is -0.283. The van der Waals surface area contributed by atoms with E-state index in [9.17, 15) is 14.0 Å². The van der Waals surface area contributed by atoms with E-state index in [0.29, 0.717) is 31.4 Å². The molecule has 2 N–H and O–H groups in total. The topological polar surface area (TPSA) is 62.0 Å². The number of carbonyl (C=O) groups excluding carboxylic acids is 1. The minimum Gasteiger partial charge on any atom is -0.356 e. The highest BCUT2D eigenvalue weighted by Gasteiger charge is 2.07. The Bertz CT molecular complexity index is 1020. The number of benzene rings is 2. The van der Waals surface area contributed by atoms with Gasteiger partial charge in [0, 0.05) is 29.4 Å². The summed E-state index contributed by atoms with van der Waals surface area (Å²) in [5.41, 5.74) is 4.52. The molecule has 5 heteroatoms. The SMILES string of the molecule is Cc1cc(C)c2cc(CCNC(=O)CCc3ccc(F)cc3)c(=O)[nH]c2c1. The molecule has 140 valence electrons. The lowest BCUT2D eigenvalue weighted by Crippen LogP contribution is -2.27. The molecule has 4 nitrogen and oxygen atoms in total. The Kier molecular flexibility index (Phi) is 5.69. The number of aryl methyl sites for hydroxylation is 3. The maximum Gasteiger partial charge on any atom is 0.251 e. The van der Waals surface area contributed by atoms with Gasteiger partial charge in [-0.2, -0.15) is 0 Å². The lowest BCUT2D eigenvalue weighted by Gasteiger charge is -2.08. The predicted octanol–water partition coefficient (Wildman–Crippen LogP) is 3.58. The number of fused-ring (bicyclic) bond motifs is 1. The number of carbonyl (C=O) groups is 1. The number of amides is 1. The summed E-state index contributed by atoms with van der Waals surface area (Å²) in [4.78, 5) is 27.2. The summed E-state index contributed by atoms with van der Waals surface area (Å²) < 4.78 is 12.9. The smallest absolute Gasteiger partial charge is 0.251 e. The molecule has 0 bridgehead atoms. The molecule has 1 aromatic heterocycles. The number of halogens is 1. The molecule has 0 unspecified atom stereocenters. The van der Waals surface area contributed by atoms with Gasteiger partial charge in [-0.25, -0.2) is 4.39 Å². The van der Waals surface area contributed by atoms with Crippen molar-refractivity contribution in [3.8, 4) is 0 Å². The summed E-state index contributed by atoms with van der Waals surface area (Å²) >= 11 is 0. The average Bonchev–Trinajstić information content (AvgIpc) is 2.62. The van der Waals surface area contributed by atoms with Crippen LogP contribution in [0.4, 0.5) is 4.39 Å². The molecule has 0 spiro atoms. The van der Waals surface area contributed by atoms with Crippen molar-refractivity contribution in [2.45, 2.75) is 33.1 Å². The second kappa shape index (κ2) is 8.16. The molecule has 1 amide bonds. The molecule has 0 aliphatic rings. The Morgan fingerprint density at radius 2 is 1.81 bits per heavy atom. The summed E-state index contributed by atoms with van der Waals surface area (Å²) in [7, 11) is 0. The lowest BCUT2D eigenvalue weighted by atomic mass is 10.0. The van der Waals surface area contributed by atoms with E-state index >= 15 is 0 Å². The molecule has 3 aromatic rings. The molecule has 1 heterocycles. The van der Waals surface area contributed by atoms with Gasteiger partial charge in [-0.05, 0) is 67.6 Å². The minimum absolute atomic E-state index is 0.0802. The third-order valence-corrected chi connectivity index (χ3v) is 4.66. The first-order valence-electron chi connectivity index (χ1n) is 9.06. The summed E-state index contributed by atoms with van der Waals surface area (Å²) in [5, 5.41) is 3.87. The Morgan fingerprint density at radius 1 is 1.07 bits per heavy atom. The fourth-order valence-corrected chi connectivity index (χ4v) is 3.24. The van der Waals surface area contributed by atoms with Crippen LogP contribution < -0.4 is 10.9 Å². The van der Waals surface area contributed by atoms with Crippen molar-refractivity contribution >= 4 is 16.8 Å². The van der Waals surface area contributed by atoms with E-state index < -0.39 is 0 Å². The summed E-state index contributed by atoms with van der Waals surface area (Å²) in [6.07, 6.45) is 1.36. The van der Waals surface area contributed by atoms with Gasteiger partial charge in [0.2, 0.25) is 5.91 Å². The van der Waals surface area contributed by atoms with Crippen LogP contribution in [0.3, 0.4) is 0 Å². The van der Waals surface area contributed by atoms with Crippen molar-refractivity contribution in [1.82, 2.24) is 10.3 Å². The third kappa shape index (κ3) is 4.82. The lowest BCUT2D eigenvalue weighted by molar-refractivity contribution is -0.121. The van der Waals surface area contributed by atoms with Crippen molar-refractivity contribution in [2.75, 3.05) is 6.54 Å². The molecule has 0 saturated carbocycles. The van der Waals surface area contributed by atoms with Crippen molar-refractivity contribution in [2.24, 2.45) is 0 Å². The zero-order valence-corrected chi connectivity index (χ0v) is 15.6. The Hall–Kier alpha value is -2.95. The van der Waals surface area contributed by atoms with Gasteiger partial charge in [-0.15, -0.1) is 0 Å². The van der Waals surface area contributed by atoms with Crippen molar-refractivity contribution in [3.05, 3.63) is 80.9 Å². The Balaban J connectivity index is 1.56. The fraction of sp³-hybridized carbons (Fsp3) is 0.273. The molecule has 0 atom stereocenters. The van der Waals surface area contributed by atoms with E-state index in [0.717, 1.165) is 27.6 Å². The molecule has 0 aliphatic heterocycles. The van der Waals surface area contributed by atoms with E-state index in [1.165, 1.54) is 12.1 Å². The van der Waals surface area contributed by atoms with Crippen LogP contribution in [0.2, 0.25) is 0 Å². The van der Waals surface area contributed by atoms with Gasteiger partial charge < -0.3 is 10.3 Å². The first-order chi connectivity index (χ1) is 12.9. The van der Waals surface area contributed by atoms with Crippen LogP contribution in [0.5, 0.6) is 0 Å². The number of aromatic nitrogens is 1. The number of aromatic amines is 1. The number of H-pyrrole nitrogens is 1. The summed E-state index contributed by atoms with van der Waals surface area (Å²) in [6.45, 7) is 4.43. The van der Waals surface area contributed by atoms with E-state index in [2.05, 4.69) is 16.4 Å². The first-order valence-corrected chi connectivity index (χ1v) is 9.06. The van der Waals surface area contributed by atoms with Gasteiger partial charge >= 0.3 is 0 Å². The number of nitrogens with one attached hydrogen (secondary N) is 2. The summed E-state index contributed by atoms with van der Waals surface area (Å²) in [6, 6.07) is 12.1. The number of hydrogen-bond acceptors (Lipinski definition) is 2. The predicted molar refractivity (Wildman–Crippen MR) is 105 cm³/mol. The fourth-order valence-electron chi connectivity index (χ4n) is 3.24. The quantitative estimate of drug-likeness (QED) is 0.700. The summed E-state index contributed by atoms with van der Waals surface area (Å²) in [5.74, 6) is -0.363. The molecule has 2 aromatic carbocycles. The van der Waals surface area contributed by atoms with Gasteiger partial charge in [-0.1, -0.05) is 18.2 Å². The largest absolute Gasteiger partial charge is 0.356 e. The number of hydrogen-bond donors (Lipinski definition) is 2. The van der Waals surface area contributed by atoms with Gasteiger partial charge in [0.05, 0.1) is 0 Å². The second-order valence-corrected chi connectivity index (χ2v) is 6.89. The average molecular weight is 366 g/mol. The second-order valence-electron chi connectivity index (χ2n) is 6.89. The van der Waals surface area contributed by atoms with Crippen molar-refractivity contribution in [1.29, 1.82) is 0 Å². The Morgan fingerprint density at radius 3 is 2.56 bits per heavy atom. The normalized spacial score (nSPS) is 10.9. The van der Waals surface area contributed by atoms with E-state index in [1.807, 2.05) is 26.0 Å². The van der Waals surface area contributed by atoms with Crippen LogP contribution in [-0.4, -0.2) is 17.4 Å². The first kappa shape index (κ1) is 18.8. The highest BCUT2D eigenvalue weighted by Crippen LogP contribution is 2.18. The van der Waals surface area contributed by atoms with Crippen molar-refractivity contribution in [3.63, 3.8) is 0 Å². The molecule has 0 saturated heterocycles. The molecule has 0 aliphatic carbocycles. The molecule has 0 radical (unpaired) electrons. The zero-order valence-electron chi connectivity index (χ0n) is 15.6. The molecular formula is C22H23FN2O2. The van der Waals surface area contributed by atoms with Crippen LogP contribution in [0.15, 0.2) is 47.3 Å². The zero-order chi connectivity index (χ0) is 19.4. The maximum absolute atomic E-state index is 12.9. The van der Waals surface area contributed by atoms with E-state index in [4.69, 9.17) is 0 Å². The Labute approximate surface area is 157 Å². The molecule has 3 rings (SSSR count). The van der Waals surface area contributed by atoms with Crippen LogP contribution >= 0.6 is 0 Å². The monoisotopic (exact) mass is 366 g/mol. The standard InChI is InChI=1S/C22H23FN2O2/c1-14-11-15(2)19-13-17(22(27)25-20(19)12-14)9-10-24-21(26)8-5-16-3-6-18(23)7-4-16/h3-4,6-7,11-13H,5,8-10H2,1-2H3,(H,24,26)(H,25,27). The number of rotatable bonds is 6. The number of pyridine rings is 1. The molecule has 0 fully saturated rings. The third-order valence-electron chi connectivity index (χ3n) is 4.66. The maximum atomic E-state index is 12.9. The highest BCUT2D eigenvalue weighted by atomic mass is 19.1. The van der Waals surface area contributed by atoms with Crippen LogP contribution in [0.25, 0.3) is 10.9 Å². The van der Waals surface area contributed by atoms with Gasteiger partial charge in [-0.3, -0.25) is 9.59 Å². The van der Waals surface area contributed by atoms with Crippen LogP contribution in [-0.2, 0) is 17.6 Å². The molecule has 27 heavy (non-hydrogen) atoms.